The predicted molar refractivity (Wildman–Crippen MR) is 82.0 cm³/mol. The summed E-state index contributed by atoms with van der Waals surface area (Å²) < 4.78 is 40.2. The number of nitrogens with one attached hydrogen (secondary N) is 1. The highest BCUT2D eigenvalue weighted by Crippen LogP contribution is 2.28. The zero-order chi connectivity index (χ0) is 15.5. The van der Waals surface area contributed by atoms with Crippen LogP contribution in [0, 0.1) is 11.7 Å². The molecule has 0 heterocycles. The van der Waals surface area contributed by atoms with E-state index in [0.717, 1.165) is 25.7 Å². The molecule has 0 spiro atoms. The van der Waals surface area contributed by atoms with E-state index in [4.69, 9.17) is 17.3 Å². The van der Waals surface area contributed by atoms with Gasteiger partial charge in [-0.15, -0.1) is 0 Å². The second kappa shape index (κ2) is 7.05. The molecular formula is C14H20ClFN2O2S. The van der Waals surface area contributed by atoms with Crippen molar-refractivity contribution in [1.82, 2.24) is 4.72 Å². The molecular weight excluding hydrogens is 315 g/mol. The second-order valence-corrected chi connectivity index (χ2v) is 7.67. The first-order valence-electron chi connectivity index (χ1n) is 7.05. The summed E-state index contributed by atoms with van der Waals surface area (Å²) in [7, 11) is -3.52. The summed E-state index contributed by atoms with van der Waals surface area (Å²) in [5.41, 5.74) is 6.15. The Labute approximate surface area is 129 Å². The van der Waals surface area contributed by atoms with Crippen molar-refractivity contribution >= 4 is 21.6 Å². The molecule has 1 saturated carbocycles. The number of rotatable bonds is 6. The molecule has 0 aliphatic heterocycles. The van der Waals surface area contributed by atoms with Gasteiger partial charge >= 0.3 is 0 Å². The lowest BCUT2D eigenvalue weighted by Crippen LogP contribution is -2.44. The van der Waals surface area contributed by atoms with Crippen LogP contribution in [0.2, 0.25) is 5.02 Å². The van der Waals surface area contributed by atoms with E-state index in [2.05, 4.69) is 4.72 Å². The minimum atomic E-state index is -3.52. The molecule has 1 aliphatic carbocycles. The molecule has 4 nitrogen and oxygen atoms in total. The van der Waals surface area contributed by atoms with E-state index in [1.54, 1.807) is 0 Å². The first kappa shape index (κ1) is 16.7. The lowest BCUT2D eigenvalue weighted by atomic mass is 9.99. The fraction of sp³-hybridized carbons (Fsp3) is 0.571. The number of nitrogens with two attached hydrogens (primary N) is 1. The van der Waals surface area contributed by atoms with Gasteiger partial charge in [-0.3, -0.25) is 0 Å². The molecule has 0 saturated heterocycles. The molecule has 1 atom stereocenters. The van der Waals surface area contributed by atoms with Crippen LogP contribution in [0.5, 0.6) is 0 Å². The molecule has 3 N–H and O–H groups in total. The van der Waals surface area contributed by atoms with Crippen LogP contribution in [0.3, 0.4) is 0 Å². The third kappa shape index (κ3) is 4.64. The number of halogens is 2. The van der Waals surface area contributed by atoms with Crippen molar-refractivity contribution in [3.63, 3.8) is 0 Å². The molecule has 1 aliphatic rings. The van der Waals surface area contributed by atoms with Crippen molar-refractivity contribution in [2.24, 2.45) is 11.7 Å². The van der Waals surface area contributed by atoms with Gasteiger partial charge in [0.15, 0.2) is 0 Å². The van der Waals surface area contributed by atoms with Crippen LogP contribution in [0.4, 0.5) is 4.39 Å². The van der Waals surface area contributed by atoms with Gasteiger partial charge in [-0.25, -0.2) is 17.5 Å². The standard InChI is InChI=1S/C14H20ClFN2O2S/c15-12-7-10(5-6-13(12)16)9-21(19,20)18-14(8-17)11-3-1-2-4-11/h5-7,11,14,18H,1-4,8-9,17H2. The number of hydrogen-bond donors (Lipinski definition) is 2. The maximum absolute atomic E-state index is 13.1. The van der Waals surface area contributed by atoms with Gasteiger partial charge in [0.05, 0.1) is 10.8 Å². The van der Waals surface area contributed by atoms with Crippen LogP contribution >= 0.6 is 11.6 Å². The second-order valence-electron chi connectivity index (χ2n) is 5.51. The summed E-state index contributed by atoms with van der Waals surface area (Å²) in [6.07, 6.45) is 4.26. The van der Waals surface area contributed by atoms with Crippen LogP contribution in [-0.2, 0) is 15.8 Å². The Balaban J connectivity index is 2.04. The lowest BCUT2D eigenvalue weighted by molar-refractivity contribution is 0.405. The van der Waals surface area contributed by atoms with Gasteiger partial charge < -0.3 is 5.73 Å². The molecule has 21 heavy (non-hydrogen) atoms. The van der Waals surface area contributed by atoms with Crippen LogP contribution in [0.25, 0.3) is 0 Å². The van der Waals surface area contributed by atoms with Gasteiger partial charge in [0.1, 0.15) is 5.82 Å². The number of hydrogen-bond acceptors (Lipinski definition) is 3. The monoisotopic (exact) mass is 334 g/mol. The smallest absolute Gasteiger partial charge is 0.216 e. The number of sulfonamides is 1. The van der Waals surface area contributed by atoms with Gasteiger partial charge in [0.25, 0.3) is 0 Å². The Hall–Kier alpha value is -0.690. The molecule has 2 rings (SSSR count). The quantitative estimate of drug-likeness (QED) is 0.839. The fourth-order valence-corrected chi connectivity index (χ4v) is 4.47. The SMILES string of the molecule is NCC(NS(=O)(=O)Cc1ccc(F)c(Cl)c1)C1CCCC1. The van der Waals surface area contributed by atoms with Crippen LogP contribution < -0.4 is 10.5 Å². The molecule has 118 valence electrons. The van der Waals surface area contributed by atoms with E-state index in [9.17, 15) is 12.8 Å². The van der Waals surface area contributed by atoms with Crippen LogP contribution in [-0.4, -0.2) is 21.0 Å². The molecule has 1 aromatic carbocycles. The topological polar surface area (TPSA) is 72.2 Å². The first-order chi connectivity index (χ1) is 9.91. The third-order valence-corrected chi connectivity index (χ3v) is 5.56. The van der Waals surface area contributed by atoms with Gasteiger partial charge in [-0.2, -0.15) is 0 Å². The summed E-state index contributed by atoms with van der Waals surface area (Å²) in [4.78, 5) is 0. The van der Waals surface area contributed by atoms with Crippen molar-refractivity contribution < 1.29 is 12.8 Å². The average molecular weight is 335 g/mol. The number of benzene rings is 1. The van der Waals surface area contributed by atoms with Crippen molar-refractivity contribution in [1.29, 1.82) is 0 Å². The fourth-order valence-electron chi connectivity index (χ4n) is 2.82. The molecule has 1 fully saturated rings. The van der Waals surface area contributed by atoms with Crippen molar-refractivity contribution in [3.05, 3.63) is 34.6 Å². The molecule has 7 heteroatoms. The Morgan fingerprint density at radius 1 is 1.38 bits per heavy atom. The summed E-state index contributed by atoms with van der Waals surface area (Å²) in [6.45, 7) is 0.286. The summed E-state index contributed by atoms with van der Waals surface area (Å²) >= 11 is 5.67. The van der Waals surface area contributed by atoms with Crippen molar-refractivity contribution in [2.75, 3.05) is 6.54 Å². The van der Waals surface area contributed by atoms with E-state index in [1.165, 1.54) is 18.2 Å². The zero-order valence-corrected chi connectivity index (χ0v) is 13.3. The van der Waals surface area contributed by atoms with Crippen molar-refractivity contribution in [3.8, 4) is 0 Å². The normalized spacial score (nSPS) is 18.0. The minimum absolute atomic E-state index is 0.0751. The van der Waals surface area contributed by atoms with Gasteiger partial charge in [-0.05, 0) is 36.5 Å². The molecule has 0 bridgehead atoms. The third-order valence-electron chi connectivity index (χ3n) is 3.89. The Morgan fingerprint density at radius 3 is 2.62 bits per heavy atom. The molecule has 0 amide bonds. The van der Waals surface area contributed by atoms with Gasteiger partial charge in [0.2, 0.25) is 10.0 Å². The van der Waals surface area contributed by atoms with Crippen LogP contribution in [0.15, 0.2) is 18.2 Å². The highest BCUT2D eigenvalue weighted by molar-refractivity contribution is 7.88. The largest absolute Gasteiger partial charge is 0.329 e. The Morgan fingerprint density at radius 2 is 2.05 bits per heavy atom. The highest BCUT2D eigenvalue weighted by atomic mass is 35.5. The predicted octanol–water partition coefficient (Wildman–Crippen LogP) is 2.42. The maximum atomic E-state index is 13.1. The van der Waals surface area contributed by atoms with E-state index in [-0.39, 0.29) is 23.4 Å². The Kier molecular flexibility index (Phi) is 5.60. The van der Waals surface area contributed by atoms with E-state index in [1.807, 2.05) is 0 Å². The van der Waals surface area contributed by atoms with Gasteiger partial charge in [-0.1, -0.05) is 30.5 Å². The van der Waals surface area contributed by atoms with Crippen molar-refractivity contribution in [2.45, 2.75) is 37.5 Å². The maximum Gasteiger partial charge on any atom is 0.216 e. The molecule has 0 radical (unpaired) electrons. The summed E-state index contributed by atoms with van der Waals surface area (Å²) in [5.74, 6) is -0.478. The van der Waals surface area contributed by atoms with E-state index >= 15 is 0 Å². The van der Waals surface area contributed by atoms with E-state index < -0.39 is 15.8 Å². The molecule has 1 unspecified atom stereocenters. The summed E-state index contributed by atoms with van der Waals surface area (Å²) in [5, 5.41) is -0.0751. The van der Waals surface area contributed by atoms with Crippen LogP contribution in [0.1, 0.15) is 31.2 Å². The zero-order valence-electron chi connectivity index (χ0n) is 11.7. The van der Waals surface area contributed by atoms with Gasteiger partial charge in [0, 0.05) is 12.6 Å². The minimum Gasteiger partial charge on any atom is -0.329 e. The molecule has 0 aromatic heterocycles. The van der Waals surface area contributed by atoms with E-state index in [0.29, 0.717) is 11.5 Å². The first-order valence-corrected chi connectivity index (χ1v) is 9.08. The lowest BCUT2D eigenvalue weighted by Gasteiger charge is -2.23. The summed E-state index contributed by atoms with van der Waals surface area (Å²) in [6, 6.07) is 3.70. The highest BCUT2D eigenvalue weighted by Gasteiger charge is 2.27. The Bertz CT molecular complexity index is 589. The average Bonchev–Trinajstić information content (AvgIpc) is 2.94. The molecule has 1 aromatic rings.